The van der Waals surface area contributed by atoms with Crippen LogP contribution in [-0.2, 0) is 4.79 Å². The van der Waals surface area contributed by atoms with Gasteiger partial charge in [-0.1, -0.05) is 0 Å². The van der Waals surface area contributed by atoms with E-state index in [0.717, 1.165) is 25.6 Å². The Morgan fingerprint density at radius 2 is 2.00 bits per heavy atom. The summed E-state index contributed by atoms with van der Waals surface area (Å²) in [5, 5.41) is 3.65. The first-order valence-corrected chi connectivity index (χ1v) is 8.99. The number of piperidine rings is 2. The number of likely N-dealkylation sites (tertiary alicyclic amines) is 2. The summed E-state index contributed by atoms with van der Waals surface area (Å²) in [6, 6.07) is 1.15. The van der Waals surface area contributed by atoms with Crippen molar-refractivity contribution in [2.24, 2.45) is 5.92 Å². The predicted molar refractivity (Wildman–Crippen MR) is 85.2 cm³/mol. The third kappa shape index (κ3) is 3.78. The molecule has 3 aliphatic heterocycles. The van der Waals surface area contributed by atoms with Crippen LogP contribution in [0, 0.1) is 5.92 Å². The Bertz CT molecular complexity index is 354. The van der Waals surface area contributed by atoms with Crippen LogP contribution in [0.25, 0.3) is 0 Å². The Morgan fingerprint density at radius 1 is 1.10 bits per heavy atom. The third-order valence-electron chi connectivity index (χ3n) is 5.69. The van der Waals surface area contributed by atoms with Gasteiger partial charge in [0.1, 0.15) is 0 Å². The fourth-order valence-corrected chi connectivity index (χ4v) is 4.43. The molecule has 3 aliphatic rings. The number of hydrogen-bond acceptors (Lipinski definition) is 3. The molecular weight excluding hydrogens is 262 g/mol. The molecule has 0 aliphatic carbocycles. The Hall–Kier alpha value is -0.610. The van der Waals surface area contributed by atoms with Crippen LogP contribution in [0.4, 0.5) is 0 Å². The molecule has 1 amide bonds. The van der Waals surface area contributed by atoms with E-state index in [1.54, 1.807) is 0 Å². The molecule has 1 N–H and O–H groups in total. The van der Waals surface area contributed by atoms with Crippen molar-refractivity contribution in [1.29, 1.82) is 0 Å². The highest BCUT2D eigenvalue weighted by molar-refractivity contribution is 5.78. The maximum atomic E-state index is 12.6. The van der Waals surface area contributed by atoms with Crippen molar-refractivity contribution < 1.29 is 4.79 Å². The van der Waals surface area contributed by atoms with Gasteiger partial charge in [0.15, 0.2) is 0 Å². The van der Waals surface area contributed by atoms with Crippen molar-refractivity contribution in [3.05, 3.63) is 0 Å². The Labute approximate surface area is 129 Å². The van der Waals surface area contributed by atoms with E-state index >= 15 is 0 Å². The molecule has 0 spiro atoms. The quantitative estimate of drug-likeness (QED) is 0.862. The second-order valence-electron chi connectivity index (χ2n) is 7.27. The van der Waals surface area contributed by atoms with Gasteiger partial charge in [0.05, 0.1) is 6.54 Å². The van der Waals surface area contributed by atoms with E-state index in [2.05, 4.69) is 22.0 Å². The molecule has 21 heavy (non-hydrogen) atoms. The monoisotopic (exact) mass is 293 g/mol. The Balaban J connectivity index is 1.50. The zero-order valence-electron chi connectivity index (χ0n) is 13.5. The predicted octanol–water partition coefficient (Wildman–Crippen LogP) is 1.85. The zero-order chi connectivity index (χ0) is 14.7. The highest BCUT2D eigenvalue weighted by Gasteiger charge is 2.31. The summed E-state index contributed by atoms with van der Waals surface area (Å²) in [6.07, 6.45) is 8.89. The minimum absolute atomic E-state index is 0.363. The lowest BCUT2D eigenvalue weighted by Crippen LogP contribution is -2.50. The van der Waals surface area contributed by atoms with Gasteiger partial charge in [-0.25, -0.2) is 0 Å². The highest BCUT2D eigenvalue weighted by atomic mass is 16.2. The van der Waals surface area contributed by atoms with Crippen molar-refractivity contribution in [2.75, 3.05) is 32.7 Å². The fourth-order valence-electron chi connectivity index (χ4n) is 4.43. The number of nitrogens with one attached hydrogen (secondary N) is 1. The molecule has 4 heteroatoms. The van der Waals surface area contributed by atoms with Crippen molar-refractivity contribution in [1.82, 2.24) is 15.1 Å². The van der Waals surface area contributed by atoms with Crippen molar-refractivity contribution >= 4 is 5.91 Å². The van der Waals surface area contributed by atoms with E-state index in [1.807, 2.05) is 0 Å². The lowest BCUT2D eigenvalue weighted by atomic mass is 9.90. The normalized spacial score (nSPS) is 35.1. The number of nitrogens with zero attached hydrogens (tertiary/aromatic N) is 2. The molecule has 3 rings (SSSR count). The summed E-state index contributed by atoms with van der Waals surface area (Å²) in [5.41, 5.74) is 0. The van der Waals surface area contributed by atoms with Crippen LogP contribution >= 0.6 is 0 Å². The maximum absolute atomic E-state index is 12.6. The zero-order valence-corrected chi connectivity index (χ0v) is 13.5. The molecule has 0 bridgehead atoms. The van der Waals surface area contributed by atoms with Gasteiger partial charge in [0, 0.05) is 25.2 Å². The first kappa shape index (κ1) is 15.3. The fraction of sp³-hybridized carbons (Fsp3) is 0.941. The molecule has 3 saturated heterocycles. The third-order valence-corrected chi connectivity index (χ3v) is 5.69. The van der Waals surface area contributed by atoms with Gasteiger partial charge in [-0.2, -0.15) is 0 Å². The van der Waals surface area contributed by atoms with Crippen molar-refractivity contribution in [3.8, 4) is 0 Å². The standard InChI is InChI=1S/C17H31N3O/c1-14-6-2-3-11-20(14)17(21)13-19-10-5-7-15(12-19)16-8-4-9-18-16/h14-16,18H,2-13H2,1H3. The average molecular weight is 293 g/mol. The second-order valence-corrected chi connectivity index (χ2v) is 7.27. The molecule has 4 nitrogen and oxygen atoms in total. The summed E-state index contributed by atoms with van der Waals surface area (Å²) < 4.78 is 0. The number of rotatable bonds is 3. The molecule has 0 aromatic rings. The minimum Gasteiger partial charge on any atom is -0.339 e. The topological polar surface area (TPSA) is 35.6 Å². The molecular formula is C17H31N3O. The van der Waals surface area contributed by atoms with E-state index in [4.69, 9.17) is 0 Å². The van der Waals surface area contributed by atoms with Gasteiger partial charge in [-0.05, 0) is 70.9 Å². The van der Waals surface area contributed by atoms with Crippen LogP contribution in [0.1, 0.15) is 51.9 Å². The molecule has 0 aromatic heterocycles. The number of carbonyl (C=O) groups excluding carboxylic acids is 1. The van der Waals surface area contributed by atoms with Crippen LogP contribution in [0.3, 0.4) is 0 Å². The number of carbonyl (C=O) groups is 1. The Kier molecular flexibility index (Phi) is 5.17. The van der Waals surface area contributed by atoms with Crippen LogP contribution in [-0.4, -0.2) is 60.5 Å². The van der Waals surface area contributed by atoms with E-state index in [-0.39, 0.29) is 0 Å². The summed E-state index contributed by atoms with van der Waals surface area (Å²) >= 11 is 0. The van der Waals surface area contributed by atoms with Crippen LogP contribution in [0.5, 0.6) is 0 Å². The van der Waals surface area contributed by atoms with Gasteiger partial charge >= 0.3 is 0 Å². The van der Waals surface area contributed by atoms with E-state index in [0.29, 0.717) is 24.5 Å². The smallest absolute Gasteiger partial charge is 0.236 e. The Morgan fingerprint density at radius 3 is 2.76 bits per heavy atom. The van der Waals surface area contributed by atoms with Gasteiger partial charge in [-0.3, -0.25) is 9.69 Å². The molecule has 3 heterocycles. The summed E-state index contributed by atoms with van der Waals surface area (Å²) in [5.74, 6) is 1.12. The minimum atomic E-state index is 0.363. The molecule has 0 saturated carbocycles. The van der Waals surface area contributed by atoms with Crippen LogP contribution < -0.4 is 5.32 Å². The first-order chi connectivity index (χ1) is 10.2. The van der Waals surface area contributed by atoms with E-state index in [1.165, 1.54) is 51.5 Å². The largest absolute Gasteiger partial charge is 0.339 e. The lowest BCUT2D eigenvalue weighted by molar-refractivity contribution is -0.136. The first-order valence-electron chi connectivity index (χ1n) is 8.99. The van der Waals surface area contributed by atoms with Crippen LogP contribution in [0.2, 0.25) is 0 Å². The average Bonchev–Trinajstić information content (AvgIpc) is 3.02. The lowest BCUT2D eigenvalue weighted by Gasteiger charge is -2.38. The van der Waals surface area contributed by atoms with Crippen molar-refractivity contribution in [2.45, 2.75) is 64.0 Å². The number of hydrogen-bond donors (Lipinski definition) is 1. The van der Waals surface area contributed by atoms with Gasteiger partial charge < -0.3 is 10.2 Å². The molecule has 120 valence electrons. The van der Waals surface area contributed by atoms with Crippen molar-refractivity contribution in [3.63, 3.8) is 0 Å². The summed E-state index contributed by atoms with van der Waals surface area (Å²) in [7, 11) is 0. The van der Waals surface area contributed by atoms with Crippen LogP contribution in [0.15, 0.2) is 0 Å². The summed E-state index contributed by atoms with van der Waals surface area (Å²) in [4.78, 5) is 17.1. The SMILES string of the molecule is CC1CCCCN1C(=O)CN1CCCC(C2CCCN2)C1. The maximum Gasteiger partial charge on any atom is 0.236 e. The molecule has 3 fully saturated rings. The highest BCUT2D eigenvalue weighted by Crippen LogP contribution is 2.25. The molecule has 3 atom stereocenters. The van der Waals surface area contributed by atoms with E-state index in [9.17, 15) is 4.79 Å². The molecule has 0 radical (unpaired) electrons. The second kappa shape index (κ2) is 7.10. The van der Waals surface area contributed by atoms with Gasteiger partial charge in [0.25, 0.3) is 0 Å². The summed E-state index contributed by atoms with van der Waals surface area (Å²) in [6.45, 7) is 7.24. The van der Waals surface area contributed by atoms with Gasteiger partial charge in [-0.15, -0.1) is 0 Å². The number of amides is 1. The molecule has 3 unspecified atom stereocenters. The van der Waals surface area contributed by atoms with Gasteiger partial charge in [0.2, 0.25) is 5.91 Å². The van der Waals surface area contributed by atoms with E-state index < -0.39 is 0 Å². The molecule has 0 aromatic carbocycles.